The summed E-state index contributed by atoms with van der Waals surface area (Å²) in [6.07, 6.45) is 1.78. The van der Waals surface area contributed by atoms with Crippen molar-refractivity contribution in [1.82, 2.24) is 10.2 Å². The van der Waals surface area contributed by atoms with Crippen LogP contribution < -0.4 is 10.6 Å². The monoisotopic (exact) mass is 429 g/mol. The molecule has 2 N–H and O–H groups in total. The Morgan fingerprint density at radius 1 is 1.09 bits per heavy atom. The summed E-state index contributed by atoms with van der Waals surface area (Å²) in [6, 6.07) is 13.9. The van der Waals surface area contributed by atoms with Crippen molar-refractivity contribution in [2.45, 2.75) is 32.4 Å². The van der Waals surface area contributed by atoms with Crippen molar-refractivity contribution in [2.24, 2.45) is 0 Å². The first-order valence-electron chi connectivity index (χ1n) is 10.6. The topological polar surface area (TPSA) is 91.7 Å². The largest absolute Gasteiger partial charge is 0.459 e. The van der Waals surface area contributed by atoms with Gasteiger partial charge in [0.2, 0.25) is 5.91 Å². The third kappa shape index (κ3) is 3.36. The molecule has 0 bridgehead atoms. The fourth-order valence-electron chi connectivity index (χ4n) is 4.51. The Bertz CT molecular complexity index is 1230. The molecule has 2 aliphatic heterocycles. The number of nitrogens with one attached hydrogen (secondary N) is 2. The smallest absolute Gasteiger partial charge is 0.287 e. The number of hydrogen-bond donors (Lipinski definition) is 2. The molecule has 2 aliphatic rings. The molecule has 0 radical (unpaired) electrons. The number of amides is 3. The molecule has 0 spiro atoms. The van der Waals surface area contributed by atoms with E-state index in [1.54, 1.807) is 23.1 Å². The molecule has 0 saturated carbocycles. The molecule has 7 heteroatoms. The van der Waals surface area contributed by atoms with Crippen molar-refractivity contribution in [2.75, 3.05) is 11.9 Å². The molecule has 3 amide bonds. The van der Waals surface area contributed by atoms with Gasteiger partial charge in [0.1, 0.15) is 6.04 Å². The van der Waals surface area contributed by atoms with E-state index in [4.69, 9.17) is 4.42 Å². The van der Waals surface area contributed by atoms with E-state index < -0.39 is 6.04 Å². The molecule has 5 rings (SSSR count). The van der Waals surface area contributed by atoms with Crippen LogP contribution in [0.1, 0.15) is 38.5 Å². The van der Waals surface area contributed by atoms with Crippen LogP contribution in [0.15, 0.2) is 59.2 Å². The fourth-order valence-corrected chi connectivity index (χ4v) is 4.51. The van der Waals surface area contributed by atoms with Crippen LogP contribution in [-0.4, -0.2) is 41.2 Å². The molecule has 7 nitrogen and oxygen atoms in total. The first-order valence-corrected chi connectivity index (χ1v) is 10.6. The van der Waals surface area contributed by atoms with E-state index in [2.05, 4.69) is 30.5 Å². The number of fused-ring (bicyclic) bond motifs is 2. The van der Waals surface area contributed by atoms with Crippen molar-refractivity contribution in [3.8, 4) is 11.1 Å². The molecule has 2 aromatic carbocycles. The van der Waals surface area contributed by atoms with Gasteiger partial charge in [-0.2, -0.15) is 0 Å². The highest BCUT2D eigenvalue weighted by Gasteiger charge is 2.43. The summed E-state index contributed by atoms with van der Waals surface area (Å²) >= 11 is 0. The number of carbonyl (C=O) groups excluding carboxylic acids is 3. The number of furan rings is 1. The number of rotatable bonds is 3. The normalized spacial score (nSPS) is 19.8. The van der Waals surface area contributed by atoms with Gasteiger partial charge >= 0.3 is 0 Å². The van der Waals surface area contributed by atoms with E-state index >= 15 is 0 Å². The third-order valence-electron chi connectivity index (χ3n) is 6.37. The van der Waals surface area contributed by atoms with Crippen LogP contribution in [-0.2, 0) is 4.79 Å². The first kappa shape index (κ1) is 20.1. The van der Waals surface area contributed by atoms with Gasteiger partial charge in [-0.3, -0.25) is 14.4 Å². The van der Waals surface area contributed by atoms with Crippen LogP contribution in [0.4, 0.5) is 5.69 Å². The SMILES string of the molecule is Cc1cccc(-c2ccc3c(c2)C(=O)N2C[C@@H](NC(=O)c4ccco4)C[C@H]2C(=O)N3)c1C. The van der Waals surface area contributed by atoms with E-state index in [0.717, 1.165) is 16.7 Å². The van der Waals surface area contributed by atoms with Gasteiger partial charge in [0, 0.05) is 12.6 Å². The molecule has 1 aromatic heterocycles. The predicted octanol–water partition coefficient (Wildman–Crippen LogP) is 3.53. The summed E-state index contributed by atoms with van der Waals surface area (Å²) in [5.41, 5.74) is 5.27. The quantitative estimate of drug-likeness (QED) is 0.666. The average molecular weight is 429 g/mol. The molecular weight excluding hydrogens is 406 g/mol. The van der Waals surface area contributed by atoms with E-state index in [1.165, 1.54) is 11.8 Å². The summed E-state index contributed by atoms with van der Waals surface area (Å²) in [4.78, 5) is 40.2. The van der Waals surface area contributed by atoms with Crippen molar-refractivity contribution in [1.29, 1.82) is 0 Å². The predicted molar refractivity (Wildman–Crippen MR) is 119 cm³/mol. The van der Waals surface area contributed by atoms with Crippen molar-refractivity contribution >= 4 is 23.4 Å². The third-order valence-corrected chi connectivity index (χ3v) is 6.37. The zero-order valence-electron chi connectivity index (χ0n) is 17.8. The lowest BCUT2D eigenvalue weighted by atomic mass is 9.95. The van der Waals surface area contributed by atoms with Gasteiger partial charge in [-0.25, -0.2) is 0 Å². The maximum atomic E-state index is 13.5. The average Bonchev–Trinajstić information content (AvgIpc) is 3.44. The lowest BCUT2D eigenvalue weighted by molar-refractivity contribution is -0.119. The minimum atomic E-state index is -0.638. The van der Waals surface area contributed by atoms with Gasteiger partial charge in [-0.1, -0.05) is 24.3 Å². The maximum Gasteiger partial charge on any atom is 0.287 e. The van der Waals surface area contributed by atoms with Crippen LogP contribution in [0.3, 0.4) is 0 Å². The zero-order chi connectivity index (χ0) is 22.4. The molecular formula is C25H23N3O4. The summed E-state index contributed by atoms with van der Waals surface area (Å²) in [5, 5.41) is 5.77. The number of carbonyl (C=O) groups is 3. The van der Waals surface area contributed by atoms with Gasteiger partial charge in [0.15, 0.2) is 5.76 Å². The van der Waals surface area contributed by atoms with Gasteiger partial charge in [0.05, 0.1) is 17.5 Å². The Balaban J connectivity index is 1.44. The number of hydrogen-bond acceptors (Lipinski definition) is 4. The lowest BCUT2D eigenvalue weighted by Gasteiger charge is -2.20. The van der Waals surface area contributed by atoms with Gasteiger partial charge in [-0.05, 0) is 66.8 Å². The minimum Gasteiger partial charge on any atom is -0.459 e. The summed E-state index contributed by atoms with van der Waals surface area (Å²) in [6.45, 7) is 4.37. The molecule has 3 aromatic rings. The zero-order valence-corrected chi connectivity index (χ0v) is 17.8. The molecule has 0 unspecified atom stereocenters. The number of benzene rings is 2. The highest BCUT2D eigenvalue weighted by atomic mass is 16.3. The summed E-state index contributed by atoms with van der Waals surface area (Å²) < 4.78 is 5.13. The Hall–Kier alpha value is -3.87. The number of aryl methyl sites for hydroxylation is 1. The molecule has 0 aliphatic carbocycles. The molecule has 2 atom stereocenters. The fraction of sp³-hybridized carbons (Fsp3) is 0.240. The van der Waals surface area contributed by atoms with Crippen LogP contribution in [0.25, 0.3) is 11.1 Å². The van der Waals surface area contributed by atoms with E-state index in [-0.39, 0.29) is 36.1 Å². The van der Waals surface area contributed by atoms with Crippen molar-refractivity contribution in [3.63, 3.8) is 0 Å². The lowest BCUT2D eigenvalue weighted by Crippen LogP contribution is -2.41. The van der Waals surface area contributed by atoms with Gasteiger partial charge in [-0.15, -0.1) is 0 Å². The maximum absolute atomic E-state index is 13.5. The summed E-state index contributed by atoms with van der Waals surface area (Å²) in [7, 11) is 0. The van der Waals surface area contributed by atoms with Crippen molar-refractivity contribution < 1.29 is 18.8 Å². The molecule has 32 heavy (non-hydrogen) atoms. The Morgan fingerprint density at radius 3 is 2.72 bits per heavy atom. The number of anilines is 1. The summed E-state index contributed by atoms with van der Waals surface area (Å²) in [5.74, 6) is -0.619. The van der Waals surface area contributed by atoms with Gasteiger partial charge < -0.3 is 20.0 Å². The van der Waals surface area contributed by atoms with Crippen LogP contribution in [0.5, 0.6) is 0 Å². The van der Waals surface area contributed by atoms with Crippen LogP contribution in [0.2, 0.25) is 0 Å². The van der Waals surface area contributed by atoms with E-state index in [1.807, 2.05) is 24.3 Å². The second-order valence-corrected chi connectivity index (χ2v) is 8.35. The Labute approximate surface area is 185 Å². The minimum absolute atomic E-state index is 0.200. The highest BCUT2D eigenvalue weighted by molar-refractivity contribution is 6.11. The molecule has 1 saturated heterocycles. The number of nitrogens with zero attached hydrogens (tertiary/aromatic N) is 1. The second-order valence-electron chi connectivity index (χ2n) is 8.35. The Kier molecular flexibility index (Phi) is 4.81. The van der Waals surface area contributed by atoms with Crippen molar-refractivity contribution in [3.05, 3.63) is 77.2 Å². The first-order chi connectivity index (χ1) is 15.4. The Morgan fingerprint density at radius 2 is 1.94 bits per heavy atom. The standard InChI is InChI=1S/C25H23N3O4/c1-14-5-3-6-18(15(14)2)16-8-9-20-19(11-16)25(31)28-13-17(12-21(28)23(29)27-20)26-24(30)22-7-4-10-32-22/h3-11,17,21H,12-13H2,1-2H3,(H,26,30)(H,27,29)/t17-,21-/m0/s1. The molecule has 3 heterocycles. The van der Waals surface area contributed by atoms with E-state index in [0.29, 0.717) is 17.7 Å². The molecule has 1 fully saturated rings. The van der Waals surface area contributed by atoms with Crippen LogP contribution >= 0.6 is 0 Å². The second kappa shape index (κ2) is 7.67. The van der Waals surface area contributed by atoms with E-state index in [9.17, 15) is 14.4 Å². The van der Waals surface area contributed by atoms with Crippen LogP contribution in [0, 0.1) is 13.8 Å². The highest BCUT2D eigenvalue weighted by Crippen LogP contribution is 2.33. The molecule has 162 valence electrons. The van der Waals surface area contributed by atoms with Gasteiger partial charge in [0.25, 0.3) is 11.8 Å².